The van der Waals surface area contributed by atoms with Gasteiger partial charge in [0.25, 0.3) is 0 Å². The number of rotatable bonds is 6. The van der Waals surface area contributed by atoms with Crippen molar-refractivity contribution >= 4 is 0 Å². The minimum Gasteiger partial charge on any atom is -0.379 e. The molecule has 0 aromatic heterocycles. The normalized spacial score (nSPS) is 27.7. The Morgan fingerprint density at radius 2 is 1.90 bits per heavy atom. The van der Waals surface area contributed by atoms with Gasteiger partial charge in [0.2, 0.25) is 0 Å². The Balaban J connectivity index is 1.96. The average molecular weight is 296 g/mol. The third-order valence-electron chi connectivity index (χ3n) is 5.26. The SMILES string of the molecule is CC(C)CNCC1(CN2CCOCC2C)CCCCCC1. The average Bonchev–Trinajstić information content (AvgIpc) is 2.67. The molecule has 0 radical (unpaired) electrons. The first-order valence-corrected chi connectivity index (χ1v) is 9.14. The molecule has 1 N–H and O–H groups in total. The summed E-state index contributed by atoms with van der Waals surface area (Å²) in [7, 11) is 0. The van der Waals surface area contributed by atoms with Gasteiger partial charge in [-0.3, -0.25) is 4.90 Å². The highest BCUT2D eigenvalue weighted by atomic mass is 16.5. The van der Waals surface area contributed by atoms with E-state index in [0.29, 0.717) is 11.5 Å². The number of nitrogens with one attached hydrogen (secondary N) is 1. The highest BCUT2D eigenvalue weighted by molar-refractivity contribution is 4.89. The van der Waals surface area contributed by atoms with E-state index in [1.165, 1.54) is 51.6 Å². The molecule has 0 spiro atoms. The highest BCUT2D eigenvalue weighted by Gasteiger charge is 2.34. The van der Waals surface area contributed by atoms with E-state index in [1.807, 2.05) is 0 Å². The monoisotopic (exact) mass is 296 g/mol. The second kappa shape index (κ2) is 8.50. The molecule has 0 bridgehead atoms. The maximum atomic E-state index is 5.61. The summed E-state index contributed by atoms with van der Waals surface area (Å²) in [5.74, 6) is 0.745. The molecule has 0 amide bonds. The van der Waals surface area contributed by atoms with Crippen molar-refractivity contribution in [3.8, 4) is 0 Å². The molecule has 2 rings (SSSR count). The first-order chi connectivity index (χ1) is 10.1. The fourth-order valence-corrected chi connectivity index (χ4v) is 3.92. The molecule has 21 heavy (non-hydrogen) atoms. The first-order valence-electron chi connectivity index (χ1n) is 9.14. The molecule has 124 valence electrons. The third kappa shape index (κ3) is 5.54. The molecule has 3 nitrogen and oxygen atoms in total. The predicted molar refractivity (Wildman–Crippen MR) is 89.7 cm³/mol. The molecule has 1 aliphatic carbocycles. The van der Waals surface area contributed by atoms with Crippen LogP contribution in [0.3, 0.4) is 0 Å². The number of morpholine rings is 1. The number of ether oxygens (including phenoxy) is 1. The summed E-state index contributed by atoms with van der Waals surface area (Å²) < 4.78 is 5.61. The summed E-state index contributed by atoms with van der Waals surface area (Å²) in [5.41, 5.74) is 0.497. The Bertz CT molecular complexity index is 285. The molecule has 2 aliphatic rings. The van der Waals surface area contributed by atoms with Crippen LogP contribution in [0.5, 0.6) is 0 Å². The van der Waals surface area contributed by atoms with Gasteiger partial charge in [0.05, 0.1) is 13.2 Å². The Hall–Kier alpha value is -0.120. The van der Waals surface area contributed by atoms with Crippen molar-refractivity contribution in [3.63, 3.8) is 0 Å². The van der Waals surface area contributed by atoms with E-state index >= 15 is 0 Å². The molecule has 0 aromatic rings. The van der Waals surface area contributed by atoms with Crippen molar-refractivity contribution in [2.75, 3.05) is 39.4 Å². The van der Waals surface area contributed by atoms with E-state index < -0.39 is 0 Å². The van der Waals surface area contributed by atoms with Gasteiger partial charge in [-0.15, -0.1) is 0 Å². The summed E-state index contributed by atoms with van der Waals surface area (Å²) in [5, 5.41) is 3.77. The maximum absolute atomic E-state index is 5.61. The van der Waals surface area contributed by atoms with Crippen LogP contribution in [0, 0.1) is 11.3 Å². The van der Waals surface area contributed by atoms with E-state index in [4.69, 9.17) is 4.74 Å². The fraction of sp³-hybridized carbons (Fsp3) is 1.00. The van der Waals surface area contributed by atoms with Gasteiger partial charge in [0.1, 0.15) is 0 Å². The van der Waals surface area contributed by atoms with Crippen LogP contribution in [0.4, 0.5) is 0 Å². The first kappa shape index (κ1) is 17.2. The van der Waals surface area contributed by atoms with Crippen LogP contribution in [-0.4, -0.2) is 50.3 Å². The van der Waals surface area contributed by atoms with E-state index in [9.17, 15) is 0 Å². The van der Waals surface area contributed by atoms with Crippen LogP contribution in [-0.2, 0) is 4.74 Å². The van der Waals surface area contributed by atoms with Crippen molar-refractivity contribution < 1.29 is 4.74 Å². The molecule has 1 atom stereocenters. The molecule has 3 heteroatoms. The number of hydrogen-bond donors (Lipinski definition) is 1. The van der Waals surface area contributed by atoms with Crippen LogP contribution in [0.1, 0.15) is 59.3 Å². The fourth-order valence-electron chi connectivity index (χ4n) is 3.92. The Labute approximate surface area is 131 Å². The van der Waals surface area contributed by atoms with E-state index in [2.05, 4.69) is 31.0 Å². The van der Waals surface area contributed by atoms with Crippen molar-refractivity contribution in [1.29, 1.82) is 0 Å². The summed E-state index contributed by atoms with van der Waals surface area (Å²) in [6, 6.07) is 0.587. The van der Waals surface area contributed by atoms with Crippen LogP contribution in [0.2, 0.25) is 0 Å². The molecule has 1 saturated carbocycles. The van der Waals surface area contributed by atoms with Gasteiger partial charge in [-0.05, 0) is 37.6 Å². The van der Waals surface area contributed by atoms with Gasteiger partial charge in [0, 0.05) is 25.7 Å². The lowest BCUT2D eigenvalue weighted by Crippen LogP contribution is -2.51. The molecule has 2 fully saturated rings. The minimum atomic E-state index is 0.497. The van der Waals surface area contributed by atoms with Gasteiger partial charge < -0.3 is 10.1 Å². The van der Waals surface area contributed by atoms with Gasteiger partial charge in [-0.1, -0.05) is 39.5 Å². The Morgan fingerprint density at radius 1 is 1.19 bits per heavy atom. The zero-order valence-corrected chi connectivity index (χ0v) is 14.5. The van der Waals surface area contributed by atoms with Crippen molar-refractivity contribution in [1.82, 2.24) is 10.2 Å². The molecule has 1 aliphatic heterocycles. The maximum Gasteiger partial charge on any atom is 0.0619 e. The minimum absolute atomic E-state index is 0.497. The topological polar surface area (TPSA) is 24.5 Å². The largest absolute Gasteiger partial charge is 0.379 e. The second-order valence-electron chi connectivity index (χ2n) is 7.83. The number of nitrogens with zero attached hydrogens (tertiary/aromatic N) is 1. The van der Waals surface area contributed by atoms with Gasteiger partial charge in [-0.2, -0.15) is 0 Å². The Morgan fingerprint density at radius 3 is 2.52 bits per heavy atom. The van der Waals surface area contributed by atoms with Gasteiger partial charge >= 0.3 is 0 Å². The lowest BCUT2D eigenvalue weighted by Gasteiger charge is -2.42. The molecular formula is C18H36N2O. The zero-order chi connectivity index (χ0) is 15.1. The van der Waals surface area contributed by atoms with Crippen molar-refractivity contribution in [3.05, 3.63) is 0 Å². The molecular weight excluding hydrogens is 260 g/mol. The van der Waals surface area contributed by atoms with Gasteiger partial charge in [-0.25, -0.2) is 0 Å². The Kier molecular flexibility index (Phi) is 6.97. The molecule has 1 unspecified atom stereocenters. The highest BCUT2D eigenvalue weighted by Crippen LogP contribution is 2.36. The molecule has 0 aromatic carbocycles. The summed E-state index contributed by atoms with van der Waals surface area (Å²) in [4.78, 5) is 2.69. The van der Waals surface area contributed by atoms with E-state index in [0.717, 1.165) is 32.2 Å². The lowest BCUT2D eigenvalue weighted by atomic mass is 9.79. The quantitative estimate of drug-likeness (QED) is 0.761. The van der Waals surface area contributed by atoms with Gasteiger partial charge in [0.15, 0.2) is 0 Å². The second-order valence-corrected chi connectivity index (χ2v) is 7.83. The van der Waals surface area contributed by atoms with Crippen LogP contribution in [0.25, 0.3) is 0 Å². The molecule has 1 saturated heterocycles. The zero-order valence-electron chi connectivity index (χ0n) is 14.5. The summed E-state index contributed by atoms with van der Waals surface area (Å²) in [6.07, 6.45) is 8.52. The van der Waals surface area contributed by atoms with Crippen molar-refractivity contribution in [2.24, 2.45) is 11.3 Å². The lowest BCUT2D eigenvalue weighted by molar-refractivity contribution is -0.0233. The number of hydrogen-bond acceptors (Lipinski definition) is 3. The summed E-state index contributed by atoms with van der Waals surface area (Å²) in [6.45, 7) is 13.5. The van der Waals surface area contributed by atoms with Crippen LogP contribution in [0.15, 0.2) is 0 Å². The smallest absolute Gasteiger partial charge is 0.0619 e. The van der Waals surface area contributed by atoms with Crippen molar-refractivity contribution in [2.45, 2.75) is 65.3 Å². The predicted octanol–water partition coefficient (Wildman–Crippen LogP) is 3.29. The standard InChI is InChI=1S/C18H36N2O/c1-16(2)12-19-14-18(8-6-4-5-7-9-18)15-20-10-11-21-13-17(20)3/h16-17,19H,4-15H2,1-3H3. The molecule has 1 heterocycles. The van der Waals surface area contributed by atoms with Crippen LogP contribution >= 0.6 is 0 Å². The van der Waals surface area contributed by atoms with E-state index in [1.54, 1.807) is 0 Å². The summed E-state index contributed by atoms with van der Waals surface area (Å²) >= 11 is 0. The van der Waals surface area contributed by atoms with Crippen LogP contribution < -0.4 is 5.32 Å². The third-order valence-corrected chi connectivity index (χ3v) is 5.26. The van der Waals surface area contributed by atoms with E-state index in [-0.39, 0.29) is 0 Å².